The first-order valence-corrected chi connectivity index (χ1v) is 7.87. The van der Waals surface area contributed by atoms with Crippen LogP contribution in [0, 0.1) is 6.92 Å². The Hall–Kier alpha value is -1.36. The number of hydrogen-bond acceptors (Lipinski definition) is 4. The van der Waals surface area contributed by atoms with Gasteiger partial charge < -0.3 is 4.74 Å². The van der Waals surface area contributed by atoms with Crippen molar-refractivity contribution in [2.45, 2.75) is 32.7 Å². The fourth-order valence-electron chi connectivity index (χ4n) is 2.09. The van der Waals surface area contributed by atoms with Gasteiger partial charge in [-0.3, -0.25) is 5.84 Å². The molecule has 0 aliphatic heterocycles. The summed E-state index contributed by atoms with van der Waals surface area (Å²) < 4.78 is 5.68. The lowest BCUT2D eigenvalue weighted by Crippen LogP contribution is -2.28. The van der Waals surface area contributed by atoms with Crippen LogP contribution in [0.5, 0.6) is 5.75 Å². The molecule has 0 radical (unpaired) electrons. The molecule has 1 aromatic carbocycles. The van der Waals surface area contributed by atoms with Gasteiger partial charge in [0.2, 0.25) is 0 Å². The van der Waals surface area contributed by atoms with Crippen molar-refractivity contribution in [2.24, 2.45) is 5.84 Å². The molecule has 0 aliphatic carbocycles. The lowest BCUT2D eigenvalue weighted by molar-refractivity contribution is 0.309. The minimum atomic E-state index is 0.0414. The van der Waals surface area contributed by atoms with Gasteiger partial charge in [-0.2, -0.15) is 0 Å². The van der Waals surface area contributed by atoms with Crippen LogP contribution in [0.4, 0.5) is 0 Å². The second-order valence-corrected chi connectivity index (χ2v) is 5.79. The van der Waals surface area contributed by atoms with Crippen molar-refractivity contribution < 1.29 is 4.74 Å². The summed E-state index contributed by atoms with van der Waals surface area (Å²) in [6.07, 6.45) is 2.23. The first kappa shape index (κ1) is 15.0. The van der Waals surface area contributed by atoms with Crippen molar-refractivity contribution >= 4 is 11.3 Å². The molecule has 1 atom stereocenters. The van der Waals surface area contributed by atoms with Gasteiger partial charge in [-0.05, 0) is 48.1 Å². The summed E-state index contributed by atoms with van der Waals surface area (Å²) in [4.78, 5) is 1.26. The molecule has 2 aromatic rings. The Morgan fingerprint density at radius 3 is 2.55 bits per heavy atom. The van der Waals surface area contributed by atoms with Crippen LogP contribution < -0.4 is 16.0 Å². The Morgan fingerprint density at radius 2 is 2.00 bits per heavy atom. The molecular weight excluding hydrogens is 268 g/mol. The quantitative estimate of drug-likeness (QED) is 0.463. The molecule has 0 amide bonds. The summed E-state index contributed by atoms with van der Waals surface area (Å²) in [7, 11) is 0. The van der Waals surface area contributed by atoms with Crippen LogP contribution in [0.2, 0.25) is 0 Å². The molecule has 1 unspecified atom stereocenters. The summed E-state index contributed by atoms with van der Waals surface area (Å²) in [5.74, 6) is 6.64. The minimum Gasteiger partial charge on any atom is -0.494 e. The number of aryl methyl sites for hydroxylation is 1. The average molecular weight is 290 g/mol. The summed E-state index contributed by atoms with van der Waals surface area (Å²) in [5.41, 5.74) is 5.32. The maximum absolute atomic E-state index is 5.73. The first-order chi connectivity index (χ1) is 9.76. The van der Waals surface area contributed by atoms with Gasteiger partial charge >= 0.3 is 0 Å². The summed E-state index contributed by atoms with van der Waals surface area (Å²) in [6.45, 7) is 5.05. The van der Waals surface area contributed by atoms with Gasteiger partial charge in [0.15, 0.2) is 0 Å². The molecule has 0 fully saturated rings. The van der Waals surface area contributed by atoms with Crippen LogP contribution in [-0.4, -0.2) is 6.61 Å². The molecule has 3 nitrogen and oxygen atoms in total. The predicted octanol–water partition coefficient (Wildman–Crippen LogP) is 3.79. The topological polar surface area (TPSA) is 47.3 Å². The molecule has 0 saturated heterocycles. The molecule has 0 aliphatic rings. The van der Waals surface area contributed by atoms with Crippen LogP contribution >= 0.6 is 11.3 Å². The third-order valence-corrected chi connectivity index (χ3v) is 4.39. The Morgan fingerprint density at radius 1 is 1.25 bits per heavy atom. The van der Waals surface area contributed by atoms with E-state index in [-0.39, 0.29) is 6.04 Å². The molecule has 1 aromatic heterocycles. The van der Waals surface area contributed by atoms with Gasteiger partial charge in [-0.15, -0.1) is 11.3 Å². The number of nitrogens with one attached hydrogen (secondary N) is 1. The normalized spacial score (nSPS) is 12.3. The lowest BCUT2D eigenvalue weighted by Gasteiger charge is -2.16. The minimum absolute atomic E-state index is 0.0414. The molecule has 0 bridgehead atoms. The van der Waals surface area contributed by atoms with Crippen molar-refractivity contribution in [3.63, 3.8) is 0 Å². The highest BCUT2D eigenvalue weighted by Gasteiger charge is 2.15. The van der Waals surface area contributed by atoms with E-state index in [1.807, 2.05) is 12.1 Å². The molecule has 20 heavy (non-hydrogen) atoms. The fraction of sp³-hybridized carbons (Fsp3) is 0.375. The van der Waals surface area contributed by atoms with E-state index in [1.165, 1.54) is 10.4 Å². The summed E-state index contributed by atoms with van der Waals surface area (Å²) in [6, 6.07) is 10.3. The number of nitrogens with two attached hydrogens (primary N) is 1. The van der Waals surface area contributed by atoms with Crippen LogP contribution in [0.15, 0.2) is 35.7 Å². The maximum atomic E-state index is 5.73. The number of hydrazine groups is 1. The van der Waals surface area contributed by atoms with E-state index in [9.17, 15) is 0 Å². The van der Waals surface area contributed by atoms with E-state index >= 15 is 0 Å². The predicted molar refractivity (Wildman–Crippen MR) is 85.1 cm³/mol. The van der Waals surface area contributed by atoms with Gasteiger partial charge in [0.25, 0.3) is 0 Å². The van der Waals surface area contributed by atoms with Gasteiger partial charge in [-0.25, -0.2) is 5.43 Å². The molecule has 0 spiro atoms. The largest absolute Gasteiger partial charge is 0.494 e. The van der Waals surface area contributed by atoms with E-state index in [0.29, 0.717) is 0 Å². The number of thiophene rings is 1. The lowest BCUT2D eigenvalue weighted by atomic mass is 10.0. The van der Waals surface area contributed by atoms with E-state index in [4.69, 9.17) is 10.6 Å². The molecule has 1 heterocycles. The Labute approximate surface area is 124 Å². The van der Waals surface area contributed by atoms with Crippen molar-refractivity contribution in [2.75, 3.05) is 6.61 Å². The van der Waals surface area contributed by atoms with Crippen LogP contribution in [0.3, 0.4) is 0 Å². The third-order valence-electron chi connectivity index (χ3n) is 3.31. The van der Waals surface area contributed by atoms with Crippen molar-refractivity contribution in [1.29, 1.82) is 0 Å². The third kappa shape index (κ3) is 3.60. The summed E-state index contributed by atoms with van der Waals surface area (Å²) >= 11 is 1.72. The molecule has 108 valence electrons. The number of rotatable bonds is 7. The monoisotopic (exact) mass is 290 g/mol. The molecule has 4 heteroatoms. The van der Waals surface area contributed by atoms with Gasteiger partial charge in [0.05, 0.1) is 12.6 Å². The molecule has 0 saturated carbocycles. The number of ether oxygens (including phenoxy) is 1. The van der Waals surface area contributed by atoms with Crippen molar-refractivity contribution in [1.82, 2.24) is 5.43 Å². The smallest absolute Gasteiger partial charge is 0.119 e. The van der Waals surface area contributed by atoms with Crippen molar-refractivity contribution in [3.05, 3.63) is 51.7 Å². The fourth-order valence-corrected chi connectivity index (χ4v) is 3.11. The number of unbranched alkanes of at least 4 members (excludes halogenated alkanes) is 1. The second kappa shape index (κ2) is 7.43. The Kier molecular flexibility index (Phi) is 5.59. The van der Waals surface area contributed by atoms with Gasteiger partial charge in [0, 0.05) is 4.88 Å². The van der Waals surface area contributed by atoms with Gasteiger partial charge in [0.1, 0.15) is 5.75 Å². The van der Waals surface area contributed by atoms with E-state index in [0.717, 1.165) is 30.8 Å². The zero-order valence-corrected chi connectivity index (χ0v) is 12.9. The number of hydrogen-bond donors (Lipinski definition) is 2. The van der Waals surface area contributed by atoms with Crippen LogP contribution in [-0.2, 0) is 0 Å². The first-order valence-electron chi connectivity index (χ1n) is 6.99. The van der Waals surface area contributed by atoms with E-state index < -0.39 is 0 Å². The SMILES string of the molecule is CCCCOc1ccc(C(NN)c2sccc2C)cc1. The Balaban J connectivity index is 2.10. The van der Waals surface area contributed by atoms with Crippen molar-refractivity contribution in [3.8, 4) is 5.75 Å². The van der Waals surface area contributed by atoms with Gasteiger partial charge in [-0.1, -0.05) is 25.5 Å². The van der Waals surface area contributed by atoms with Crippen LogP contribution in [0.1, 0.15) is 41.8 Å². The highest BCUT2D eigenvalue weighted by Crippen LogP contribution is 2.29. The molecular formula is C16H22N2OS. The highest BCUT2D eigenvalue weighted by molar-refractivity contribution is 7.10. The van der Waals surface area contributed by atoms with E-state index in [1.54, 1.807) is 11.3 Å². The maximum Gasteiger partial charge on any atom is 0.119 e. The number of benzene rings is 1. The zero-order chi connectivity index (χ0) is 14.4. The Bertz CT molecular complexity index is 522. The highest BCUT2D eigenvalue weighted by atomic mass is 32.1. The second-order valence-electron chi connectivity index (χ2n) is 4.84. The zero-order valence-electron chi connectivity index (χ0n) is 12.1. The van der Waals surface area contributed by atoms with E-state index in [2.05, 4.69) is 42.9 Å². The van der Waals surface area contributed by atoms with Crippen LogP contribution in [0.25, 0.3) is 0 Å². The summed E-state index contributed by atoms with van der Waals surface area (Å²) in [5, 5.41) is 2.09. The molecule has 3 N–H and O–H groups in total. The standard InChI is InChI=1S/C16H22N2OS/c1-3-4-10-19-14-7-5-13(6-8-14)15(18-17)16-12(2)9-11-20-16/h5-9,11,15,18H,3-4,10,17H2,1-2H3. The molecule has 2 rings (SSSR count). The average Bonchev–Trinajstić information content (AvgIpc) is 2.88.